The molecule has 1 unspecified atom stereocenters. The van der Waals surface area contributed by atoms with Crippen LogP contribution in [0.1, 0.15) is 47.2 Å². The number of carbonyl (C=O) groups excluding carboxylic acids is 1. The number of aliphatic hydroxyl groups is 1. The summed E-state index contributed by atoms with van der Waals surface area (Å²) in [7, 11) is 0. The minimum atomic E-state index is -0.418. The highest BCUT2D eigenvalue weighted by Gasteiger charge is 2.18. The van der Waals surface area contributed by atoms with Crippen molar-refractivity contribution < 1.29 is 9.90 Å². The quantitative estimate of drug-likeness (QED) is 0.860. The number of rotatable bonds is 6. The largest absolute Gasteiger partial charge is 0.394 e. The summed E-state index contributed by atoms with van der Waals surface area (Å²) in [6.07, 6.45) is 0.964. The summed E-state index contributed by atoms with van der Waals surface area (Å²) in [6, 6.07) is 9.27. The third-order valence-electron chi connectivity index (χ3n) is 3.71. The van der Waals surface area contributed by atoms with E-state index >= 15 is 0 Å². The Labute approximate surface area is 131 Å². The SMILES string of the molecule is CCc1ccc(C(CO)NC(=O)c2cc(C)nn2CC)cc1. The van der Waals surface area contributed by atoms with E-state index in [1.807, 2.05) is 38.1 Å². The number of hydrogen-bond acceptors (Lipinski definition) is 3. The van der Waals surface area contributed by atoms with Crippen LogP contribution < -0.4 is 5.32 Å². The van der Waals surface area contributed by atoms with E-state index in [2.05, 4.69) is 17.3 Å². The minimum Gasteiger partial charge on any atom is -0.394 e. The topological polar surface area (TPSA) is 67.2 Å². The van der Waals surface area contributed by atoms with Crippen LogP contribution in [-0.4, -0.2) is 27.4 Å². The van der Waals surface area contributed by atoms with E-state index in [4.69, 9.17) is 0 Å². The molecule has 1 amide bonds. The first kappa shape index (κ1) is 16.2. The monoisotopic (exact) mass is 301 g/mol. The molecule has 2 N–H and O–H groups in total. The zero-order chi connectivity index (χ0) is 16.1. The molecule has 0 saturated carbocycles. The maximum absolute atomic E-state index is 12.4. The molecule has 0 fully saturated rings. The smallest absolute Gasteiger partial charge is 0.270 e. The summed E-state index contributed by atoms with van der Waals surface area (Å²) in [6.45, 7) is 6.38. The van der Waals surface area contributed by atoms with Gasteiger partial charge in [-0.05, 0) is 37.5 Å². The van der Waals surface area contributed by atoms with Crippen LogP contribution in [0, 0.1) is 6.92 Å². The van der Waals surface area contributed by atoms with E-state index < -0.39 is 6.04 Å². The summed E-state index contributed by atoms with van der Waals surface area (Å²) in [5.41, 5.74) is 3.45. The predicted octanol–water partition coefficient (Wildman–Crippen LogP) is 2.24. The molecule has 22 heavy (non-hydrogen) atoms. The summed E-state index contributed by atoms with van der Waals surface area (Å²) in [5, 5.41) is 16.7. The molecular weight excluding hydrogens is 278 g/mol. The van der Waals surface area contributed by atoms with Crippen LogP contribution in [0.2, 0.25) is 0 Å². The lowest BCUT2D eigenvalue weighted by atomic mass is 10.0. The van der Waals surface area contributed by atoms with Crippen LogP contribution in [0.3, 0.4) is 0 Å². The zero-order valence-corrected chi connectivity index (χ0v) is 13.3. The number of aryl methyl sites for hydroxylation is 3. The highest BCUT2D eigenvalue weighted by Crippen LogP contribution is 2.15. The number of nitrogens with zero attached hydrogens (tertiary/aromatic N) is 2. The van der Waals surface area contributed by atoms with E-state index in [0.29, 0.717) is 12.2 Å². The van der Waals surface area contributed by atoms with Gasteiger partial charge in [-0.15, -0.1) is 0 Å². The van der Waals surface area contributed by atoms with Gasteiger partial charge >= 0.3 is 0 Å². The Hall–Kier alpha value is -2.14. The molecular formula is C17H23N3O2. The van der Waals surface area contributed by atoms with Crippen LogP contribution in [-0.2, 0) is 13.0 Å². The van der Waals surface area contributed by atoms with E-state index in [-0.39, 0.29) is 12.5 Å². The number of aromatic nitrogens is 2. The van der Waals surface area contributed by atoms with Crippen molar-refractivity contribution in [1.82, 2.24) is 15.1 Å². The second kappa shape index (κ2) is 7.22. The number of nitrogens with one attached hydrogen (secondary N) is 1. The highest BCUT2D eigenvalue weighted by molar-refractivity contribution is 5.93. The van der Waals surface area contributed by atoms with Crippen molar-refractivity contribution in [3.63, 3.8) is 0 Å². The Balaban J connectivity index is 2.16. The zero-order valence-electron chi connectivity index (χ0n) is 13.3. The second-order valence-electron chi connectivity index (χ2n) is 5.29. The molecule has 118 valence electrons. The molecule has 0 aliphatic heterocycles. The van der Waals surface area contributed by atoms with Gasteiger partial charge in [0.2, 0.25) is 0 Å². The molecule has 1 aromatic carbocycles. The van der Waals surface area contributed by atoms with Gasteiger partial charge in [0.1, 0.15) is 5.69 Å². The average molecular weight is 301 g/mol. The molecule has 1 heterocycles. The summed E-state index contributed by atoms with van der Waals surface area (Å²) in [4.78, 5) is 12.4. The average Bonchev–Trinajstić information content (AvgIpc) is 2.93. The van der Waals surface area contributed by atoms with Crippen LogP contribution in [0.5, 0.6) is 0 Å². The molecule has 2 aromatic rings. The summed E-state index contributed by atoms with van der Waals surface area (Å²) >= 11 is 0. The van der Waals surface area contributed by atoms with Gasteiger partial charge in [0.05, 0.1) is 18.3 Å². The molecule has 5 nitrogen and oxygen atoms in total. The van der Waals surface area contributed by atoms with Crippen molar-refractivity contribution in [3.05, 3.63) is 52.8 Å². The maximum Gasteiger partial charge on any atom is 0.270 e. The summed E-state index contributed by atoms with van der Waals surface area (Å²) < 4.78 is 1.67. The van der Waals surface area contributed by atoms with Crippen LogP contribution in [0.15, 0.2) is 30.3 Å². The van der Waals surface area contributed by atoms with Crippen molar-refractivity contribution in [2.24, 2.45) is 0 Å². The van der Waals surface area contributed by atoms with Crippen molar-refractivity contribution in [2.45, 2.75) is 39.8 Å². The molecule has 0 saturated heterocycles. The van der Waals surface area contributed by atoms with Crippen LogP contribution in [0.4, 0.5) is 0 Å². The lowest BCUT2D eigenvalue weighted by Crippen LogP contribution is -2.32. The van der Waals surface area contributed by atoms with Gasteiger partial charge in [-0.2, -0.15) is 5.10 Å². The number of benzene rings is 1. The first-order valence-corrected chi connectivity index (χ1v) is 7.64. The molecule has 0 aliphatic carbocycles. The minimum absolute atomic E-state index is 0.142. The molecule has 1 aromatic heterocycles. The lowest BCUT2D eigenvalue weighted by molar-refractivity contribution is 0.0905. The van der Waals surface area contributed by atoms with Crippen LogP contribution >= 0.6 is 0 Å². The maximum atomic E-state index is 12.4. The Bertz CT molecular complexity index is 632. The van der Waals surface area contributed by atoms with Crippen molar-refractivity contribution in [3.8, 4) is 0 Å². The van der Waals surface area contributed by atoms with E-state index in [1.165, 1.54) is 5.56 Å². The predicted molar refractivity (Wildman–Crippen MR) is 85.8 cm³/mol. The van der Waals surface area contributed by atoms with Crippen molar-refractivity contribution >= 4 is 5.91 Å². The third-order valence-corrected chi connectivity index (χ3v) is 3.71. The van der Waals surface area contributed by atoms with Gasteiger partial charge in [0.25, 0.3) is 5.91 Å². The number of amides is 1. The van der Waals surface area contributed by atoms with E-state index in [0.717, 1.165) is 17.7 Å². The van der Waals surface area contributed by atoms with Gasteiger partial charge in [0, 0.05) is 6.54 Å². The lowest BCUT2D eigenvalue weighted by Gasteiger charge is -2.17. The molecule has 2 rings (SSSR count). The Kier molecular flexibility index (Phi) is 5.33. The molecule has 1 atom stereocenters. The standard InChI is InChI=1S/C17H23N3O2/c1-4-13-6-8-14(9-7-13)15(11-21)18-17(22)16-10-12(3)19-20(16)5-2/h6-10,15,21H,4-5,11H2,1-3H3,(H,18,22). The Morgan fingerprint density at radius 2 is 2.00 bits per heavy atom. The fourth-order valence-corrected chi connectivity index (χ4v) is 2.42. The van der Waals surface area contributed by atoms with Crippen molar-refractivity contribution in [2.75, 3.05) is 6.61 Å². The normalized spacial score (nSPS) is 12.2. The van der Waals surface area contributed by atoms with Gasteiger partial charge < -0.3 is 10.4 Å². The highest BCUT2D eigenvalue weighted by atomic mass is 16.3. The Morgan fingerprint density at radius 3 is 2.55 bits per heavy atom. The summed E-state index contributed by atoms with van der Waals surface area (Å²) in [5.74, 6) is -0.221. The molecule has 0 spiro atoms. The Morgan fingerprint density at radius 1 is 1.32 bits per heavy atom. The fourth-order valence-electron chi connectivity index (χ4n) is 2.42. The second-order valence-corrected chi connectivity index (χ2v) is 5.29. The molecule has 0 radical (unpaired) electrons. The number of hydrogen-bond donors (Lipinski definition) is 2. The number of aliphatic hydroxyl groups excluding tert-OH is 1. The van der Waals surface area contributed by atoms with Gasteiger partial charge in [-0.25, -0.2) is 0 Å². The van der Waals surface area contributed by atoms with Crippen LogP contribution in [0.25, 0.3) is 0 Å². The molecule has 5 heteroatoms. The number of carbonyl (C=O) groups is 1. The molecule has 0 bridgehead atoms. The third kappa shape index (κ3) is 3.54. The van der Waals surface area contributed by atoms with Gasteiger partial charge in [-0.1, -0.05) is 31.2 Å². The van der Waals surface area contributed by atoms with E-state index in [9.17, 15) is 9.90 Å². The fraction of sp³-hybridized carbons (Fsp3) is 0.412. The molecule has 0 aliphatic rings. The van der Waals surface area contributed by atoms with E-state index in [1.54, 1.807) is 10.7 Å². The van der Waals surface area contributed by atoms with Gasteiger partial charge in [-0.3, -0.25) is 9.48 Å². The van der Waals surface area contributed by atoms with Crippen molar-refractivity contribution in [1.29, 1.82) is 0 Å². The van der Waals surface area contributed by atoms with Gasteiger partial charge in [0.15, 0.2) is 0 Å². The first-order chi connectivity index (χ1) is 10.6. The first-order valence-electron chi connectivity index (χ1n) is 7.64.